The van der Waals surface area contributed by atoms with E-state index >= 15 is 0 Å². The predicted molar refractivity (Wildman–Crippen MR) is 91.8 cm³/mol. The van der Waals surface area contributed by atoms with Crippen LogP contribution in [-0.4, -0.2) is 31.7 Å². The molecule has 0 saturated carbocycles. The highest BCUT2D eigenvalue weighted by molar-refractivity contribution is 7.12. The first-order valence-electron chi connectivity index (χ1n) is 7.29. The van der Waals surface area contributed by atoms with Gasteiger partial charge in [0.2, 0.25) is 0 Å². The quantitative estimate of drug-likeness (QED) is 0.861. The largest absolute Gasteiger partial charge is 0.388 e. The number of thiophene rings is 1. The minimum atomic E-state index is -0.429. The number of aliphatic hydroxyl groups is 1. The molecule has 1 heterocycles. The van der Waals surface area contributed by atoms with Crippen molar-refractivity contribution in [1.29, 1.82) is 0 Å². The van der Waals surface area contributed by atoms with Gasteiger partial charge in [-0.15, -0.1) is 11.3 Å². The minimum Gasteiger partial charge on any atom is -0.388 e. The SMILES string of the molecule is C[C@@H](O)c1ccc(CCNC(=O)c2cccc(N(C)C)c2)s1. The topological polar surface area (TPSA) is 52.6 Å². The van der Waals surface area contributed by atoms with Crippen LogP contribution in [-0.2, 0) is 6.42 Å². The Morgan fingerprint density at radius 2 is 2.09 bits per heavy atom. The molecule has 0 aliphatic heterocycles. The molecular weight excluding hydrogens is 296 g/mol. The van der Waals surface area contributed by atoms with Crippen molar-refractivity contribution in [1.82, 2.24) is 5.32 Å². The van der Waals surface area contributed by atoms with E-state index in [0.717, 1.165) is 17.0 Å². The zero-order chi connectivity index (χ0) is 16.1. The maximum absolute atomic E-state index is 12.2. The van der Waals surface area contributed by atoms with Gasteiger partial charge in [0.15, 0.2) is 0 Å². The second kappa shape index (κ2) is 7.42. The molecule has 0 aliphatic rings. The van der Waals surface area contributed by atoms with Crippen LogP contribution >= 0.6 is 11.3 Å². The number of anilines is 1. The summed E-state index contributed by atoms with van der Waals surface area (Å²) >= 11 is 1.59. The van der Waals surface area contributed by atoms with E-state index < -0.39 is 6.10 Å². The molecule has 1 aromatic heterocycles. The summed E-state index contributed by atoms with van der Waals surface area (Å²) in [6.07, 6.45) is 0.346. The first kappa shape index (κ1) is 16.5. The molecule has 0 spiro atoms. The third kappa shape index (κ3) is 4.32. The highest BCUT2D eigenvalue weighted by Crippen LogP contribution is 2.23. The fraction of sp³-hybridized carbons (Fsp3) is 0.353. The summed E-state index contributed by atoms with van der Waals surface area (Å²) in [6.45, 7) is 2.35. The molecule has 0 aliphatic carbocycles. The molecule has 2 aromatic rings. The second-order valence-electron chi connectivity index (χ2n) is 5.43. The minimum absolute atomic E-state index is 0.0593. The van der Waals surface area contributed by atoms with Crippen LogP contribution in [0.5, 0.6) is 0 Å². The van der Waals surface area contributed by atoms with Crippen molar-refractivity contribution in [3.05, 3.63) is 51.7 Å². The van der Waals surface area contributed by atoms with Crippen molar-refractivity contribution >= 4 is 22.9 Å². The van der Waals surface area contributed by atoms with Gasteiger partial charge in [-0.3, -0.25) is 4.79 Å². The Bertz CT molecular complexity index is 635. The van der Waals surface area contributed by atoms with Crippen molar-refractivity contribution in [3.8, 4) is 0 Å². The maximum atomic E-state index is 12.2. The molecule has 0 saturated heterocycles. The van der Waals surface area contributed by atoms with E-state index in [4.69, 9.17) is 0 Å². The summed E-state index contributed by atoms with van der Waals surface area (Å²) in [7, 11) is 3.90. The van der Waals surface area contributed by atoms with E-state index in [2.05, 4.69) is 5.32 Å². The van der Waals surface area contributed by atoms with Gasteiger partial charge in [0, 0.05) is 41.6 Å². The molecule has 0 radical (unpaired) electrons. The number of nitrogens with one attached hydrogen (secondary N) is 1. The normalized spacial score (nSPS) is 12.0. The van der Waals surface area contributed by atoms with Gasteiger partial charge in [0.1, 0.15) is 0 Å². The molecular formula is C17H22N2O2S. The lowest BCUT2D eigenvalue weighted by atomic mass is 10.2. The monoisotopic (exact) mass is 318 g/mol. The van der Waals surface area contributed by atoms with Crippen molar-refractivity contribution in [3.63, 3.8) is 0 Å². The summed E-state index contributed by atoms with van der Waals surface area (Å²) in [5, 5.41) is 12.4. The molecule has 1 amide bonds. The molecule has 4 nitrogen and oxygen atoms in total. The number of rotatable bonds is 6. The Morgan fingerprint density at radius 1 is 1.32 bits per heavy atom. The van der Waals surface area contributed by atoms with Gasteiger partial charge in [-0.25, -0.2) is 0 Å². The molecule has 22 heavy (non-hydrogen) atoms. The molecule has 0 unspecified atom stereocenters. The summed E-state index contributed by atoms with van der Waals surface area (Å²) in [5.41, 5.74) is 1.68. The Kier molecular flexibility index (Phi) is 5.57. The standard InChI is InChI=1S/C17H22N2O2S/c1-12(20)16-8-7-15(22-16)9-10-18-17(21)13-5-4-6-14(11-13)19(2)3/h4-8,11-12,20H,9-10H2,1-3H3,(H,18,21)/t12-/m1/s1. The van der Waals surface area contributed by atoms with Crippen molar-refractivity contribution in [2.75, 3.05) is 25.5 Å². The van der Waals surface area contributed by atoms with Gasteiger partial charge in [0.05, 0.1) is 6.10 Å². The van der Waals surface area contributed by atoms with Gasteiger partial charge in [-0.1, -0.05) is 6.07 Å². The van der Waals surface area contributed by atoms with Gasteiger partial charge < -0.3 is 15.3 Å². The van der Waals surface area contributed by atoms with E-state index in [1.165, 1.54) is 4.88 Å². The highest BCUT2D eigenvalue weighted by atomic mass is 32.1. The zero-order valence-corrected chi connectivity index (χ0v) is 14.0. The molecule has 1 atom stereocenters. The fourth-order valence-electron chi connectivity index (χ4n) is 2.08. The average Bonchev–Trinajstić information content (AvgIpc) is 2.96. The summed E-state index contributed by atoms with van der Waals surface area (Å²) in [5.74, 6) is -0.0593. The lowest BCUT2D eigenvalue weighted by Crippen LogP contribution is -2.25. The molecule has 2 N–H and O–H groups in total. The predicted octanol–water partition coefficient (Wildman–Crippen LogP) is 2.84. The number of nitrogens with zero attached hydrogens (tertiary/aromatic N) is 1. The smallest absolute Gasteiger partial charge is 0.251 e. The summed E-state index contributed by atoms with van der Waals surface area (Å²) in [4.78, 5) is 16.3. The molecule has 2 rings (SSSR count). The van der Waals surface area contributed by atoms with Crippen LogP contribution in [0.1, 0.15) is 33.1 Å². The van der Waals surface area contributed by atoms with Gasteiger partial charge in [0.25, 0.3) is 5.91 Å². The van der Waals surface area contributed by atoms with Crippen LogP contribution in [0, 0.1) is 0 Å². The lowest BCUT2D eigenvalue weighted by Gasteiger charge is -2.13. The van der Waals surface area contributed by atoms with Crippen LogP contribution in [0.3, 0.4) is 0 Å². The molecule has 5 heteroatoms. The lowest BCUT2D eigenvalue weighted by molar-refractivity contribution is 0.0954. The van der Waals surface area contributed by atoms with Gasteiger partial charge in [-0.2, -0.15) is 0 Å². The van der Waals surface area contributed by atoms with Crippen LogP contribution < -0.4 is 10.2 Å². The van der Waals surface area contributed by atoms with Crippen LogP contribution in [0.15, 0.2) is 36.4 Å². The Morgan fingerprint density at radius 3 is 2.73 bits per heavy atom. The van der Waals surface area contributed by atoms with Crippen molar-refractivity contribution < 1.29 is 9.90 Å². The second-order valence-corrected chi connectivity index (χ2v) is 6.63. The Labute approximate surface area is 135 Å². The van der Waals surface area contributed by atoms with E-state index in [9.17, 15) is 9.90 Å². The van der Waals surface area contributed by atoms with Crippen molar-refractivity contribution in [2.24, 2.45) is 0 Å². The van der Waals surface area contributed by atoms with E-state index in [1.54, 1.807) is 18.3 Å². The third-order valence-corrected chi connectivity index (χ3v) is 4.69. The number of hydrogen-bond acceptors (Lipinski definition) is 4. The fourth-order valence-corrected chi connectivity index (χ4v) is 3.03. The van der Waals surface area contributed by atoms with E-state index in [0.29, 0.717) is 12.1 Å². The van der Waals surface area contributed by atoms with Crippen LogP contribution in [0.2, 0.25) is 0 Å². The zero-order valence-electron chi connectivity index (χ0n) is 13.2. The van der Waals surface area contributed by atoms with E-state index in [1.807, 2.05) is 55.4 Å². The number of benzene rings is 1. The van der Waals surface area contributed by atoms with Crippen LogP contribution in [0.25, 0.3) is 0 Å². The molecule has 1 aromatic carbocycles. The Hall–Kier alpha value is -1.85. The van der Waals surface area contributed by atoms with Gasteiger partial charge >= 0.3 is 0 Å². The van der Waals surface area contributed by atoms with Crippen LogP contribution in [0.4, 0.5) is 5.69 Å². The molecule has 118 valence electrons. The summed E-state index contributed by atoms with van der Waals surface area (Å²) < 4.78 is 0. The number of carbonyl (C=O) groups excluding carboxylic acids is 1. The van der Waals surface area contributed by atoms with Gasteiger partial charge in [-0.05, 0) is 43.7 Å². The maximum Gasteiger partial charge on any atom is 0.251 e. The first-order valence-corrected chi connectivity index (χ1v) is 8.11. The van der Waals surface area contributed by atoms with Crippen molar-refractivity contribution in [2.45, 2.75) is 19.4 Å². The highest BCUT2D eigenvalue weighted by Gasteiger charge is 2.08. The Balaban J connectivity index is 1.88. The molecule has 0 fully saturated rings. The summed E-state index contributed by atoms with van der Waals surface area (Å²) in [6, 6.07) is 11.5. The number of amides is 1. The number of carbonyl (C=O) groups is 1. The third-order valence-electron chi connectivity index (χ3n) is 3.38. The number of aliphatic hydroxyl groups excluding tert-OH is 1. The average molecular weight is 318 g/mol. The molecule has 0 bridgehead atoms. The number of hydrogen-bond donors (Lipinski definition) is 2. The first-order chi connectivity index (χ1) is 10.5. The van der Waals surface area contributed by atoms with E-state index in [-0.39, 0.29) is 5.91 Å².